The molecule has 2 amide bonds. The molecular weight excluding hydrogens is 408 g/mol. The molecule has 0 radical (unpaired) electrons. The van der Waals surface area contributed by atoms with Crippen LogP contribution in [0.1, 0.15) is 16.7 Å². The summed E-state index contributed by atoms with van der Waals surface area (Å²) in [5.74, 6) is 0.312. The van der Waals surface area contributed by atoms with E-state index >= 15 is 0 Å². The highest BCUT2D eigenvalue weighted by Crippen LogP contribution is 2.29. The minimum Gasteiger partial charge on any atom is -0.352 e. The van der Waals surface area contributed by atoms with E-state index in [2.05, 4.69) is 10.6 Å². The summed E-state index contributed by atoms with van der Waals surface area (Å²) < 4.78 is 2.27. The summed E-state index contributed by atoms with van der Waals surface area (Å²) in [6.45, 7) is 0.890. The van der Waals surface area contributed by atoms with E-state index in [9.17, 15) is 19.6 Å². The smallest absolute Gasteiger partial charge is 0.332 e. The Labute approximate surface area is 184 Å². The average Bonchev–Trinajstić information content (AvgIpc) is 2.80. The van der Waals surface area contributed by atoms with Gasteiger partial charge in [-0.05, 0) is 35.7 Å². The van der Waals surface area contributed by atoms with E-state index in [1.165, 1.54) is 11.6 Å². The second-order valence-corrected chi connectivity index (χ2v) is 7.58. The molecule has 1 aliphatic heterocycles. The van der Waals surface area contributed by atoms with Gasteiger partial charge >= 0.3 is 11.7 Å². The first kappa shape index (κ1) is 20.9. The number of rotatable bonds is 3. The maximum Gasteiger partial charge on any atom is 0.332 e. The molecule has 1 aromatic heterocycles. The third-order valence-electron chi connectivity index (χ3n) is 5.59. The standard InChI is InChI=1S/C23H22N6O3/c1-27-20(18(13-24)21(30)28(2)23(27)32)29-12-11-17-15(14-29)7-6-10-19(17)26-22(31)25-16-8-4-3-5-9-16/h3-10H,11-12,14H2,1-2H3,(H2,25,26,31). The van der Waals surface area contributed by atoms with Crippen LogP contribution in [0.5, 0.6) is 0 Å². The van der Waals surface area contributed by atoms with Crippen molar-refractivity contribution in [3.8, 4) is 6.07 Å². The highest BCUT2D eigenvalue weighted by atomic mass is 16.2. The molecule has 2 aromatic carbocycles. The van der Waals surface area contributed by atoms with E-state index in [0.717, 1.165) is 15.7 Å². The molecule has 0 spiro atoms. The van der Waals surface area contributed by atoms with Crippen LogP contribution in [0.2, 0.25) is 0 Å². The highest BCUT2D eigenvalue weighted by Gasteiger charge is 2.26. The van der Waals surface area contributed by atoms with Crippen molar-refractivity contribution in [3.63, 3.8) is 0 Å². The van der Waals surface area contributed by atoms with Gasteiger partial charge in [-0.2, -0.15) is 5.26 Å². The maximum absolute atomic E-state index is 12.5. The lowest BCUT2D eigenvalue weighted by molar-refractivity contribution is 0.262. The average molecular weight is 430 g/mol. The van der Waals surface area contributed by atoms with Crippen LogP contribution < -0.4 is 26.8 Å². The Morgan fingerprint density at radius 2 is 1.75 bits per heavy atom. The van der Waals surface area contributed by atoms with Crippen molar-refractivity contribution in [1.29, 1.82) is 5.26 Å². The van der Waals surface area contributed by atoms with E-state index in [0.29, 0.717) is 36.7 Å². The fraction of sp³-hybridized carbons (Fsp3) is 0.217. The number of fused-ring (bicyclic) bond motifs is 1. The SMILES string of the molecule is Cn1c(N2CCc3c(cccc3NC(=O)Nc3ccccc3)C2)c(C#N)c(=O)n(C)c1=O. The first-order valence-corrected chi connectivity index (χ1v) is 10.1. The molecular formula is C23H22N6O3. The fourth-order valence-electron chi connectivity index (χ4n) is 4.02. The Balaban J connectivity index is 1.62. The normalized spacial score (nSPS) is 12.6. The molecule has 2 heterocycles. The summed E-state index contributed by atoms with van der Waals surface area (Å²) in [6, 6.07) is 16.4. The lowest BCUT2D eigenvalue weighted by Crippen LogP contribution is -2.44. The van der Waals surface area contributed by atoms with E-state index in [-0.39, 0.29) is 11.6 Å². The van der Waals surface area contributed by atoms with Gasteiger partial charge < -0.3 is 15.5 Å². The molecule has 32 heavy (non-hydrogen) atoms. The molecule has 4 rings (SSSR count). The first-order valence-electron chi connectivity index (χ1n) is 10.1. The Kier molecular flexibility index (Phi) is 5.52. The number of nitriles is 1. The van der Waals surface area contributed by atoms with Gasteiger partial charge in [-0.15, -0.1) is 0 Å². The number of anilines is 3. The molecule has 0 fully saturated rings. The molecule has 2 N–H and O–H groups in total. The largest absolute Gasteiger partial charge is 0.352 e. The quantitative estimate of drug-likeness (QED) is 0.661. The van der Waals surface area contributed by atoms with Crippen LogP contribution in [0.15, 0.2) is 58.1 Å². The van der Waals surface area contributed by atoms with Gasteiger partial charge in [0.05, 0.1) is 0 Å². The van der Waals surface area contributed by atoms with E-state index in [1.54, 1.807) is 19.2 Å². The summed E-state index contributed by atoms with van der Waals surface area (Å²) >= 11 is 0. The number of hydrogen-bond acceptors (Lipinski definition) is 5. The molecule has 0 saturated heterocycles. The molecule has 0 saturated carbocycles. The third kappa shape index (κ3) is 3.74. The van der Waals surface area contributed by atoms with Crippen molar-refractivity contribution < 1.29 is 4.79 Å². The lowest BCUT2D eigenvalue weighted by atomic mass is 9.97. The number of carbonyl (C=O) groups excluding carboxylic acids is 1. The second kappa shape index (κ2) is 8.43. The molecule has 0 atom stereocenters. The van der Waals surface area contributed by atoms with Gasteiger partial charge in [-0.3, -0.25) is 13.9 Å². The molecule has 0 unspecified atom stereocenters. The lowest BCUT2D eigenvalue weighted by Gasteiger charge is -2.33. The number of urea groups is 1. The van der Waals surface area contributed by atoms with Crippen LogP contribution in [-0.4, -0.2) is 21.7 Å². The predicted octanol–water partition coefficient (Wildman–Crippen LogP) is 2.16. The van der Waals surface area contributed by atoms with Crippen molar-refractivity contribution >= 4 is 23.2 Å². The van der Waals surface area contributed by atoms with Crippen LogP contribution in [0.3, 0.4) is 0 Å². The van der Waals surface area contributed by atoms with Crippen molar-refractivity contribution in [2.45, 2.75) is 13.0 Å². The number of hydrogen-bond donors (Lipinski definition) is 2. The molecule has 9 nitrogen and oxygen atoms in total. The van der Waals surface area contributed by atoms with E-state index < -0.39 is 11.2 Å². The third-order valence-corrected chi connectivity index (χ3v) is 5.59. The van der Waals surface area contributed by atoms with E-state index in [1.807, 2.05) is 47.4 Å². The zero-order valence-corrected chi connectivity index (χ0v) is 17.8. The van der Waals surface area contributed by atoms with Gasteiger partial charge in [-0.1, -0.05) is 30.3 Å². The second-order valence-electron chi connectivity index (χ2n) is 7.58. The van der Waals surface area contributed by atoms with Gasteiger partial charge in [0, 0.05) is 38.6 Å². The van der Waals surface area contributed by atoms with Crippen LogP contribution in [-0.2, 0) is 27.1 Å². The van der Waals surface area contributed by atoms with E-state index in [4.69, 9.17) is 0 Å². The van der Waals surface area contributed by atoms with Gasteiger partial charge in [-0.25, -0.2) is 9.59 Å². The van der Waals surface area contributed by atoms with Crippen molar-refractivity contribution in [1.82, 2.24) is 9.13 Å². The van der Waals surface area contributed by atoms with Crippen LogP contribution in [0.25, 0.3) is 0 Å². The Hall–Kier alpha value is -4.32. The summed E-state index contributed by atoms with van der Waals surface area (Å²) in [4.78, 5) is 39.2. The Morgan fingerprint density at radius 1 is 1.00 bits per heavy atom. The number of benzene rings is 2. The highest BCUT2D eigenvalue weighted by molar-refractivity contribution is 6.00. The molecule has 9 heteroatoms. The summed E-state index contributed by atoms with van der Waals surface area (Å²) in [7, 11) is 2.92. The first-order chi connectivity index (χ1) is 15.4. The van der Waals surface area contributed by atoms with Crippen molar-refractivity contribution in [2.24, 2.45) is 14.1 Å². The monoisotopic (exact) mass is 430 g/mol. The van der Waals surface area contributed by atoms with Gasteiger partial charge in [0.1, 0.15) is 11.9 Å². The Bertz CT molecular complexity index is 1350. The number of aromatic nitrogens is 2. The van der Waals surface area contributed by atoms with Gasteiger partial charge in [0.2, 0.25) is 0 Å². The number of para-hydroxylation sites is 1. The predicted molar refractivity (Wildman–Crippen MR) is 122 cm³/mol. The van der Waals surface area contributed by atoms with Gasteiger partial charge in [0.15, 0.2) is 5.56 Å². The number of nitrogens with zero attached hydrogens (tertiary/aromatic N) is 4. The summed E-state index contributed by atoms with van der Waals surface area (Å²) in [6.07, 6.45) is 0.575. The van der Waals surface area contributed by atoms with Crippen LogP contribution >= 0.6 is 0 Å². The minimum absolute atomic E-state index is 0.0606. The molecule has 1 aliphatic rings. The molecule has 3 aromatic rings. The van der Waals surface area contributed by atoms with Crippen molar-refractivity contribution in [2.75, 3.05) is 22.1 Å². The zero-order valence-electron chi connectivity index (χ0n) is 17.8. The number of nitrogens with one attached hydrogen (secondary N) is 2. The topological polar surface area (TPSA) is 112 Å². The fourth-order valence-corrected chi connectivity index (χ4v) is 4.02. The maximum atomic E-state index is 12.5. The number of amides is 2. The van der Waals surface area contributed by atoms with Crippen molar-refractivity contribution in [3.05, 3.63) is 86.1 Å². The molecule has 162 valence electrons. The van der Waals surface area contributed by atoms with Gasteiger partial charge in [0.25, 0.3) is 5.56 Å². The van der Waals surface area contributed by atoms with Crippen LogP contribution in [0.4, 0.5) is 22.0 Å². The number of carbonyl (C=O) groups is 1. The zero-order chi connectivity index (χ0) is 22.8. The summed E-state index contributed by atoms with van der Waals surface area (Å²) in [5, 5.41) is 15.3. The Morgan fingerprint density at radius 3 is 2.47 bits per heavy atom. The summed E-state index contributed by atoms with van der Waals surface area (Å²) in [5.41, 5.74) is 2.18. The molecule has 0 bridgehead atoms. The minimum atomic E-state index is -0.607. The molecule has 0 aliphatic carbocycles. The van der Waals surface area contributed by atoms with Crippen LogP contribution in [0, 0.1) is 11.3 Å².